The molecule has 2 rings (SSSR count). The van der Waals surface area contributed by atoms with Crippen molar-refractivity contribution in [1.29, 1.82) is 0 Å². The third-order valence-corrected chi connectivity index (χ3v) is 3.57. The first-order valence-electron chi connectivity index (χ1n) is 5.35. The number of amides is 1. The fraction of sp³-hybridized carbons (Fsp3) is 0.333. The Morgan fingerprint density at radius 2 is 2.00 bits per heavy atom. The van der Waals surface area contributed by atoms with E-state index in [9.17, 15) is 4.79 Å². The van der Waals surface area contributed by atoms with Crippen LogP contribution >= 0.6 is 12.2 Å². The van der Waals surface area contributed by atoms with Gasteiger partial charge in [0.25, 0.3) is 5.91 Å². The Balaban J connectivity index is 2.41. The van der Waals surface area contributed by atoms with Crippen LogP contribution in [-0.2, 0) is 11.8 Å². The van der Waals surface area contributed by atoms with Crippen molar-refractivity contribution in [2.45, 2.75) is 13.8 Å². The summed E-state index contributed by atoms with van der Waals surface area (Å²) in [6.45, 7) is 4.07. The Morgan fingerprint density at radius 1 is 1.35 bits per heavy atom. The van der Waals surface area contributed by atoms with E-state index in [-0.39, 0.29) is 5.91 Å². The van der Waals surface area contributed by atoms with Crippen molar-refractivity contribution >= 4 is 29.3 Å². The zero-order valence-electron chi connectivity index (χ0n) is 10.4. The number of carbonyl (C=O) groups is 1. The molecule has 1 aliphatic heterocycles. The lowest BCUT2D eigenvalue weighted by molar-refractivity contribution is -0.121. The summed E-state index contributed by atoms with van der Waals surface area (Å²) < 4.78 is 2.09. The van der Waals surface area contributed by atoms with Gasteiger partial charge in [0.2, 0.25) is 0 Å². The summed E-state index contributed by atoms with van der Waals surface area (Å²) in [7, 11) is 3.68. The van der Waals surface area contributed by atoms with E-state index in [4.69, 9.17) is 12.2 Å². The summed E-state index contributed by atoms with van der Waals surface area (Å²) in [4.78, 5) is 13.3. The highest BCUT2D eigenvalue weighted by atomic mass is 32.1. The zero-order valence-corrected chi connectivity index (χ0v) is 11.2. The van der Waals surface area contributed by atoms with Gasteiger partial charge in [0.15, 0.2) is 5.11 Å². The molecule has 0 atom stereocenters. The molecular weight excluding hydrogens is 234 g/mol. The van der Waals surface area contributed by atoms with Crippen LogP contribution in [-0.4, -0.2) is 27.5 Å². The molecule has 1 aromatic rings. The fourth-order valence-corrected chi connectivity index (χ4v) is 2.00. The minimum Gasteiger partial charge on any atom is -0.352 e. The summed E-state index contributed by atoms with van der Waals surface area (Å²) in [6.07, 6.45) is 1.85. The zero-order chi connectivity index (χ0) is 12.7. The monoisotopic (exact) mass is 249 g/mol. The second-order valence-electron chi connectivity index (χ2n) is 4.24. The molecule has 0 bridgehead atoms. The van der Waals surface area contributed by atoms with Crippen molar-refractivity contribution in [3.63, 3.8) is 0 Å². The number of nitrogens with zero attached hydrogens (tertiary/aromatic N) is 2. The van der Waals surface area contributed by atoms with Crippen LogP contribution in [0.2, 0.25) is 0 Å². The number of hydrogen-bond acceptors (Lipinski definition) is 2. The Kier molecular flexibility index (Phi) is 2.79. The first-order valence-corrected chi connectivity index (χ1v) is 5.76. The van der Waals surface area contributed by atoms with Gasteiger partial charge in [-0.1, -0.05) is 0 Å². The van der Waals surface area contributed by atoms with E-state index in [1.54, 1.807) is 7.05 Å². The van der Waals surface area contributed by atoms with Gasteiger partial charge in [-0.05, 0) is 43.8 Å². The lowest BCUT2D eigenvalue weighted by atomic mass is 10.2. The molecule has 1 aliphatic rings. The van der Waals surface area contributed by atoms with Crippen LogP contribution in [0.1, 0.15) is 17.0 Å². The third kappa shape index (κ3) is 1.86. The smallest absolute Gasteiger partial charge is 0.276 e. The Hall–Kier alpha value is -1.62. The maximum Gasteiger partial charge on any atom is 0.276 e. The number of nitrogens with one attached hydrogen (secondary N) is 1. The number of thiocarbonyl (C=S) groups is 1. The van der Waals surface area contributed by atoms with Crippen molar-refractivity contribution in [3.8, 4) is 0 Å². The quantitative estimate of drug-likeness (QED) is 0.602. The molecule has 0 saturated carbocycles. The molecule has 4 nitrogen and oxygen atoms in total. The number of likely N-dealkylation sites (N-methyl/N-ethyl adjacent to an activating group) is 1. The van der Waals surface area contributed by atoms with Gasteiger partial charge in [-0.25, -0.2) is 0 Å². The normalized spacial score (nSPS) is 18.1. The number of aryl methyl sites for hydroxylation is 1. The molecule has 0 radical (unpaired) electrons. The molecule has 1 saturated heterocycles. The standard InChI is InChI=1S/C12H15N3OS/c1-7-5-9(8(2)14(7)3)6-10-11(16)15(4)12(17)13-10/h5-6H,1-4H3,(H,13,17)/b10-6-. The number of carbonyl (C=O) groups excluding carboxylic acids is 1. The number of aromatic nitrogens is 1. The van der Waals surface area contributed by atoms with E-state index in [1.165, 1.54) is 4.90 Å². The SMILES string of the molecule is Cc1cc(/C=C2\NC(=S)N(C)C2=O)c(C)n1C. The van der Waals surface area contributed by atoms with E-state index in [2.05, 4.69) is 16.0 Å². The van der Waals surface area contributed by atoms with E-state index < -0.39 is 0 Å². The van der Waals surface area contributed by atoms with Crippen LogP contribution in [0, 0.1) is 13.8 Å². The van der Waals surface area contributed by atoms with Crippen molar-refractivity contribution in [1.82, 2.24) is 14.8 Å². The maximum atomic E-state index is 11.8. The molecule has 0 unspecified atom stereocenters. The average Bonchev–Trinajstić information content (AvgIpc) is 2.66. The minimum absolute atomic E-state index is 0.0871. The Labute approximate surface area is 106 Å². The van der Waals surface area contributed by atoms with Crippen molar-refractivity contribution in [2.75, 3.05) is 7.05 Å². The molecule has 1 amide bonds. The van der Waals surface area contributed by atoms with Crippen molar-refractivity contribution in [3.05, 3.63) is 28.7 Å². The molecule has 2 heterocycles. The van der Waals surface area contributed by atoms with Crippen molar-refractivity contribution in [2.24, 2.45) is 7.05 Å². The van der Waals surface area contributed by atoms with Crippen LogP contribution in [0.4, 0.5) is 0 Å². The van der Waals surface area contributed by atoms with Gasteiger partial charge in [-0.2, -0.15) is 0 Å². The summed E-state index contributed by atoms with van der Waals surface area (Å²) in [6, 6.07) is 2.05. The van der Waals surface area contributed by atoms with Crippen LogP contribution in [0.3, 0.4) is 0 Å². The van der Waals surface area contributed by atoms with E-state index in [0.717, 1.165) is 17.0 Å². The highest BCUT2D eigenvalue weighted by Crippen LogP contribution is 2.18. The van der Waals surface area contributed by atoms with Gasteiger partial charge in [0.1, 0.15) is 5.70 Å². The largest absolute Gasteiger partial charge is 0.352 e. The molecule has 17 heavy (non-hydrogen) atoms. The van der Waals surface area contributed by atoms with E-state index in [0.29, 0.717) is 10.8 Å². The molecule has 90 valence electrons. The topological polar surface area (TPSA) is 37.3 Å². The van der Waals surface area contributed by atoms with E-state index in [1.807, 2.05) is 27.0 Å². The van der Waals surface area contributed by atoms with Gasteiger partial charge in [-0.3, -0.25) is 9.69 Å². The summed E-state index contributed by atoms with van der Waals surface area (Å²) >= 11 is 5.02. The molecule has 0 aromatic carbocycles. The highest BCUT2D eigenvalue weighted by Gasteiger charge is 2.27. The Bertz CT molecular complexity index is 542. The van der Waals surface area contributed by atoms with Gasteiger partial charge in [-0.15, -0.1) is 0 Å². The predicted molar refractivity (Wildman–Crippen MR) is 71.4 cm³/mol. The first-order chi connectivity index (χ1) is 7.91. The molecule has 1 aromatic heterocycles. The lowest BCUT2D eigenvalue weighted by Crippen LogP contribution is -2.25. The first kappa shape index (κ1) is 11.9. The predicted octanol–water partition coefficient (Wildman–Crippen LogP) is 1.33. The summed E-state index contributed by atoms with van der Waals surface area (Å²) in [5.74, 6) is -0.0871. The third-order valence-electron chi connectivity index (χ3n) is 3.20. The van der Waals surface area contributed by atoms with Gasteiger partial charge in [0.05, 0.1) is 0 Å². The second-order valence-corrected chi connectivity index (χ2v) is 4.62. The lowest BCUT2D eigenvalue weighted by Gasteiger charge is -2.02. The van der Waals surface area contributed by atoms with Gasteiger partial charge in [0, 0.05) is 25.5 Å². The molecule has 1 N–H and O–H groups in total. The molecule has 0 aliphatic carbocycles. The van der Waals surface area contributed by atoms with Crippen LogP contribution in [0.25, 0.3) is 6.08 Å². The molecular formula is C12H15N3OS. The van der Waals surface area contributed by atoms with Gasteiger partial charge < -0.3 is 9.88 Å². The average molecular weight is 249 g/mol. The summed E-state index contributed by atoms with van der Waals surface area (Å²) in [5, 5.41) is 3.37. The van der Waals surface area contributed by atoms with Crippen LogP contribution < -0.4 is 5.32 Å². The molecule has 0 spiro atoms. The summed E-state index contributed by atoms with van der Waals surface area (Å²) in [5.41, 5.74) is 3.87. The second kappa shape index (κ2) is 4.00. The number of hydrogen-bond donors (Lipinski definition) is 1. The Morgan fingerprint density at radius 3 is 2.41 bits per heavy atom. The van der Waals surface area contributed by atoms with Crippen LogP contribution in [0.15, 0.2) is 11.8 Å². The molecule has 1 fully saturated rings. The van der Waals surface area contributed by atoms with E-state index >= 15 is 0 Å². The number of rotatable bonds is 1. The molecule has 5 heteroatoms. The van der Waals surface area contributed by atoms with Crippen LogP contribution in [0.5, 0.6) is 0 Å². The van der Waals surface area contributed by atoms with Gasteiger partial charge >= 0.3 is 0 Å². The fourth-order valence-electron chi connectivity index (χ4n) is 1.81. The van der Waals surface area contributed by atoms with Crippen molar-refractivity contribution < 1.29 is 4.79 Å². The minimum atomic E-state index is -0.0871. The highest BCUT2D eigenvalue weighted by molar-refractivity contribution is 7.80. The maximum absolute atomic E-state index is 11.8.